The van der Waals surface area contributed by atoms with Crippen molar-refractivity contribution in [2.24, 2.45) is 5.41 Å². The van der Waals surface area contributed by atoms with Crippen molar-refractivity contribution in [1.29, 1.82) is 0 Å². The number of carbonyl (C=O) groups is 2. The first-order chi connectivity index (χ1) is 9.89. The minimum absolute atomic E-state index is 0.185. The van der Waals surface area contributed by atoms with Crippen LogP contribution in [-0.2, 0) is 4.79 Å². The predicted molar refractivity (Wildman–Crippen MR) is 71.9 cm³/mol. The number of amides is 1. The van der Waals surface area contributed by atoms with Crippen LogP contribution in [0.2, 0.25) is 0 Å². The minimum atomic E-state index is -0.898. The Morgan fingerprint density at radius 3 is 2.38 bits per heavy atom. The monoisotopic (exact) mass is 297 g/mol. The van der Waals surface area contributed by atoms with E-state index in [1.54, 1.807) is 0 Å². The van der Waals surface area contributed by atoms with Crippen molar-refractivity contribution in [1.82, 2.24) is 4.90 Å². The molecule has 1 fully saturated rings. The van der Waals surface area contributed by atoms with E-state index in [2.05, 4.69) is 0 Å². The molecule has 1 aliphatic heterocycles. The van der Waals surface area contributed by atoms with Crippen molar-refractivity contribution >= 4 is 11.9 Å². The molecule has 2 rings (SSSR count). The van der Waals surface area contributed by atoms with Gasteiger partial charge in [0.15, 0.2) is 0 Å². The predicted octanol–water partition coefficient (Wildman–Crippen LogP) is 2.68. The van der Waals surface area contributed by atoms with E-state index in [4.69, 9.17) is 0 Å². The standard InChI is InChI=1S/C15H17F2NO3/c1-2-15(14(20)21)5-7-18(8-6-15)13(19)11-4-3-10(16)9-12(11)17/h3-4,9H,2,5-8H2,1H3,(H,20,21). The lowest BCUT2D eigenvalue weighted by Crippen LogP contribution is -2.46. The Morgan fingerprint density at radius 2 is 1.90 bits per heavy atom. The zero-order valence-electron chi connectivity index (χ0n) is 11.7. The maximum absolute atomic E-state index is 13.6. The number of aliphatic carboxylic acids is 1. The van der Waals surface area contributed by atoms with Crippen LogP contribution in [0.4, 0.5) is 8.78 Å². The summed E-state index contributed by atoms with van der Waals surface area (Å²) >= 11 is 0. The summed E-state index contributed by atoms with van der Waals surface area (Å²) in [4.78, 5) is 25.0. The summed E-state index contributed by atoms with van der Waals surface area (Å²) in [7, 11) is 0. The van der Waals surface area contributed by atoms with Crippen LogP contribution in [0.15, 0.2) is 18.2 Å². The Morgan fingerprint density at radius 1 is 1.29 bits per heavy atom. The number of piperidine rings is 1. The summed E-state index contributed by atoms with van der Waals surface area (Å²) in [5.74, 6) is -3.02. The molecule has 1 amide bonds. The second-order valence-electron chi connectivity index (χ2n) is 5.36. The van der Waals surface area contributed by atoms with Gasteiger partial charge >= 0.3 is 5.97 Å². The van der Waals surface area contributed by atoms with Gasteiger partial charge in [-0.25, -0.2) is 8.78 Å². The molecule has 1 aromatic carbocycles. The molecule has 0 saturated carbocycles. The van der Waals surface area contributed by atoms with Gasteiger partial charge in [-0.15, -0.1) is 0 Å². The van der Waals surface area contributed by atoms with E-state index < -0.39 is 28.9 Å². The molecule has 1 heterocycles. The number of benzene rings is 1. The molecule has 1 aliphatic rings. The molecule has 21 heavy (non-hydrogen) atoms. The van der Waals surface area contributed by atoms with Crippen LogP contribution in [0.3, 0.4) is 0 Å². The van der Waals surface area contributed by atoms with Crippen molar-refractivity contribution in [2.45, 2.75) is 26.2 Å². The lowest BCUT2D eigenvalue weighted by atomic mass is 9.76. The molecule has 114 valence electrons. The summed E-state index contributed by atoms with van der Waals surface area (Å²) in [5.41, 5.74) is -0.992. The van der Waals surface area contributed by atoms with Gasteiger partial charge in [0.05, 0.1) is 11.0 Å². The molecule has 1 saturated heterocycles. The molecule has 0 aromatic heterocycles. The maximum atomic E-state index is 13.6. The Bertz CT molecular complexity index is 566. The van der Waals surface area contributed by atoms with Gasteiger partial charge in [-0.2, -0.15) is 0 Å². The van der Waals surface area contributed by atoms with Crippen molar-refractivity contribution in [3.8, 4) is 0 Å². The highest BCUT2D eigenvalue weighted by Gasteiger charge is 2.41. The molecule has 0 atom stereocenters. The van der Waals surface area contributed by atoms with E-state index in [1.807, 2.05) is 6.92 Å². The topological polar surface area (TPSA) is 57.6 Å². The van der Waals surface area contributed by atoms with Crippen LogP contribution in [-0.4, -0.2) is 35.0 Å². The number of likely N-dealkylation sites (tertiary alicyclic amines) is 1. The van der Waals surface area contributed by atoms with Gasteiger partial charge in [0.1, 0.15) is 11.6 Å². The van der Waals surface area contributed by atoms with Crippen molar-refractivity contribution in [3.63, 3.8) is 0 Å². The Balaban J connectivity index is 2.12. The highest BCUT2D eigenvalue weighted by atomic mass is 19.1. The van der Waals surface area contributed by atoms with E-state index >= 15 is 0 Å². The highest BCUT2D eigenvalue weighted by Crippen LogP contribution is 2.35. The zero-order chi connectivity index (χ0) is 15.6. The number of halogens is 2. The number of rotatable bonds is 3. The average molecular weight is 297 g/mol. The quantitative estimate of drug-likeness (QED) is 0.933. The number of hydrogen-bond donors (Lipinski definition) is 1. The number of carbonyl (C=O) groups excluding carboxylic acids is 1. The van der Waals surface area contributed by atoms with E-state index in [0.29, 0.717) is 25.3 Å². The maximum Gasteiger partial charge on any atom is 0.309 e. The van der Waals surface area contributed by atoms with Gasteiger partial charge in [-0.05, 0) is 31.4 Å². The van der Waals surface area contributed by atoms with Gasteiger partial charge in [0, 0.05) is 19.2 Å². The largest absolute Gasteiger partial charge is 0.481 e. The average Bonchev–Trinajstić information content (AvgIpc) is 2.46. The van der Waals surface area contributed by atoms with Crippen molar-refractivity contribution < 1.29 is 23.5 Å². The molecule has 0 radical (unpaired) electrons. The van der Waals surface area contributed by atoms with Crippen LogP contribution in [0.25, 0.3) is 0 Å². The first-order valence-corrected chi connectivity index (χ1v) is 6.87. The molecular weight excluding hydrogens is 280 g/mol. The van der Waals surface area contributed by atoms with Gasteiger partial charge in [0.2, 0.25) is 0 Å². The van der Waals surface area contributed by atoms with Gasteiger partial charge in [-0.1, -0.05) is 6.92 Å². The van der Waals surface area contributed by atoms with Crippen molar-refractivity contribution in [3.05, 3.63) is 35.4 Å². The smallest absolute Gasteiger partial charge is 0.309 e. The normalized spacial score (nSPS) is 17.6. The number of hydrogen-bond acceptors (Lipinski definition) is 2. The molecule has 1 N–H and O–H groups in total. The third kappa shape index (κ3) is 2.89. The fourth-order valence-electron chi connectivity index (χ4n) is 2.69. The fourth-order valence-corrected chi connectivity index (χ4v) is 2.69. The summed E-state index contributed by atoms with van der Waals surface area (Å²) in [6.07, 6.45) is 1.18. The molecule has 0 aliphatic carbocycles. The van der Waals surface area contributed by atoms with E-state index in [1.165, 1.54) is 4.90 Å². The van der Waals surface area contributed by atoms with Gasteiger partial charge < -0.3 is 10.0 Å². The first kappa shape index (κ1) is 15.4. The van der Waals surface area contributed by atoms with E-state index in [0.717, 1.165) is 12.1 Å². The third-order valence-electron chi connectivity index (χ3n) is 4.30. The summed E-state index contributed by atoms with van der Waals surface area (Å²) in [6.45, 7) is 2.33. The first-order valence-electron chi connectivity index (χ1n) is 6.87. The second kappa shape index (κ2) is 5.79. The molecular formula is C15H17F2NO3. The summed E-state index contributed by atoms with van der Waals surface area (Å²) in [6, 6.07) is 2.82. The number of carboxylic acids is 1. The molecule has 1 aromatic rings. The Kier molecular flexibility index (Phi) is 4.25. The number of nitrogens with zero attached hydrogens (tertiary/aromatic N) is 1. The van der Waals surface area contributed by atoms with E-state index in [-0.39, 0.29) is 18.7 Å². The van der Waals surface area contributed by atoms with Crippen LogP contribution < -0.4 is 0 Å². The van der Waals surface area contributed by atoms with Crippen LogP contribution in [0, 0.1) is 17.0 Å². The second-order valence-corrected chi connectivity index (χ2v) is 5.36. The molecule has 0 spiro atoms. The van der Waals surface area contributed by atoms with Crippen LogP contribution in [0.1, 0.15) is 36.5 Å². The molecule has 6 heteroatoms. The molecule has 0 unspecified atom stereocenters. The highest BCUT2D eigenvalue weighted by molar-refractivity contribution is 5.94. The fraction of sp³-hybridized carbons (Fsp3) is 0.467. The van der Waals surface area contributed by atoms with Crippen LogP contribution in [0.5, 0.6) is 0 Å². The summed E-state index contributed by atoms with van der Waals surface area (Å²) < 4.78 is 26.5. The summed E-state index contributed by atoms with van der Waals surface area (Å²) in [5, 5.41) is 9.30. The van der Waals surface area contributed by atoms with Crippen LogP contribution >= 0.6 is 0 Å². The van der Waals surface area contributed by atoms with E-state index in [9.17, 15) is 23.5 Å². The molecule has 4 nitrogen and oxygen atoms in total. The Hall–Kier alpha value is -1.98. The SMILES string of the molecule is CCC1(C(=O)O)CCN(C(=O)c2ccc(F)cc2F)CC1. The minimum Gasteiger partial charge on any atom is -0.481 e. The lowest BCUT2D eigenvalue weighted by Gasteiger charge is -2.38. The Labute approximate surface area is 121 Å². The molecule has 0 bridgehead atoms. The van der Waals surface area contributed by atoms with Gasteiger partial charge in [-0.3, -0.25) is 9.59 Å². The van der Waals surface area contributed by atoms with Gasteiger partial charge in [0.25, 0.3) is 5.91 Å². The van der Waals surface area contributed by atoms with Crippen molar-refractivity contribution in [2.75, 3.05) is 13.1 Å². The number of carboxylic acid groups (broad SMARTS) is 1. The third-order valence-corrected chi connectivity index (χ3v) is 4.30. The zero-order valence-corrected chi connectivity index (χ0v) is 11.7. The lowest BCUT2D eigenvalue weighted by molar-refractivity contribution is -0.152.